The minimum absolute atomic E-state index is 0.958. The molecule has 0 amide bonds. The highest BCUT2D eigenvalue weighted by molar-refractivity contribution is 5.27. The smallest absolute Gasteiger partial charge is 0.0204 e. The molecule has 0 spiro atoms. The van der Waals surface area contributed by atoms with Crippen LogP contribution in [0, 0.1) is 0 Å². The number of nitrogens with one attached hydrogen (secondary N) is 1. The lowest BCUT2D eigenvalue weighted by atomic mass is 10.1. The highest BCUT2D eigenvalue weighted by atomic mass is 14.8. The van der Waals surface area contributed by atoms with E-state index < -0.39 is 0 Å². The Kier molecular flexibility index (Phi) is 5.86. The molecule has 1 heteroatoms. The molecule has 0 rings (SSSR count). The van der Waals surface area contributed by atoms with Crippen molar-refractivity contribution in [2.75, 3.05) is 13.1 Å². The highest BCUT2D eigenvalue weighted by Gasteiger charge is 1.94. The summed E-state index contributed by atoms with van der Waals surface area (Å²) in [4.78, 5) is 0. The Morgan fingerprint density at radius 3 is 2.45 bits per heavy atom. The SMILES string of the molecule is C=C(C)/C(=C\CC)CNCC. The van der Waals surface area contributed by atoms with Gasteiger partial charge in [-0.15, -0.1) is 0 Å². The molecular formula is C10H19N. The van der Waals surface area contributed by atoms with Gasteiger partial charge in [-0.3, -0.25) is 0 Å². The van der Waals surface area contributed by atoms with Crippen molar-refractivity contribution in [1.29, 1.82) is 0 Å². The summed E-state index contributed by atoms with van der Waals surface area (Å²) >= 11 is 0. The maximum atomic E-state index is 3.92. The van der Waals surface area contributed by atoms with Crippen LogP contribution in [0.25, 0.3) is 0 Å². The monoisotopic (exact) mass is 153 g/mol. The minimum atomic E-state index is 0.958. The van der Waals surface area contributed by atoms with Gasteiger partial charge in [0.1, 0.15) is 0 Å². The zero-order chi connectivity index (χ0) is 8.69. The topological polar surface area (TPSA) is 12.0 Å². The number of hydrogen-bond acceptors (Lipinski definition) is 1. The molecule has 1 N–H and O–H groups in total. The fourth-order valence-electron chi connectivity index (χ4n) is 0.903. The summed E-state index contributed by atoms with van der Waals surface area (Å²) in [6.45, 7) is 12.2. The molecule has 0 aromatic carbocycles. The van der Waals surface area contributed by atoms with Gasteiger partial charge in [-0.1, -0.05) is 32.1 Å². The van der Waals surface area contributed by atoms with Gasteiger partial charge in [0, 0.05) is 6.54 Å². The van der Waals surface area contributed by atoms with Crippen molar-refractivity contribution in [1.82, 2.24) is 5.32 Å². The Hall–Kier alpha value is -0.560. The summed E-state index contributed by atoms with van der Waals surface area (Å²) in [5, 5.41) is 3.29. The second-order valence-electron chi connectivity index (χ2n) is 2.70. The third-order valence-corrected chi connectivity index (χ3v) is 1.56. The molecule has 0 aliphatic heterocycles. The molecule has 0 saturated heterocycles. The van der Waals surface area contributed by atoms with Gasteiger partial charge in [0.15, 0.2) is 0 Å². The van der Waals surface area contributed by atoms with Crippen molar-refractivity contribution in [2.45, 2.75) is 27.2 Å². The molecule has 0 unspecified atom stereocenters. The molecule has 0 aromatic heterocycles. The second-order valence-corrected chi connectivity index (χ2v) is 2.70. The van der Waals surface area contributed by atoms with Crippen LogP contribution in [-0.4, -0.2) is 13.1 Å². The molecule has 0 saturated carbocycles. The summed E-state index contributed by atoms with van der Waals surface area (Å²) in [5.74, 6) is 0. The molecule has 0 heterocycles. The van der Waals surface area contributed by atoms with Crippen molar-refractivity contribution < 1.29 is 0 Å². The normalized spacial score (nSPS) is 11.7. The van der Waals surface area contributed by atoms with Crippen LogP contribution in [0.3, 0.4) is 0 Å². The standard InChI is InChI=1S/C10H19N/c1-5-7-10(9(3)4)8-11-6-2/h7,11H,3,5-6,8H2,1-2,4H3/b10-7-. The van der Waals surface area contributed by atoms with Gasteiger partial charge in [-0.2, -0.15) is 0 Å². The molecule has 0 aliphatic rings. The number of rotatable bonds is 5. The molecule has 0 bridgehead atoms. The molecule has 0 atom stereocenters. The molecule has 64 valence electrons. The lowest BCUT2D eigenvalue weighted by Crippen LogP contribution is -2.16. The molecule has 0 radical (unpaired) electrons. The predicted octanol–water partition coefficient (Wildman–Crippen LogP) is 2.51. The summed E-state index contributed by atoms with van der Waals surface area (Å²) < 4.78 is 0. The Balaban J connectivity index is 3.90. The Morgan fingerprint density at radius 1 is 1.45 bits per heavy atom. The van der Waals surface area contributed by atoms with Crippen LogP contribution < -0.4 is 5.32 Å². The van der Waals surface area contributed by atoms with Crippen LogP contribution in [0.2, 0.25) is 0 Å². The van der Waals surface area contributed by atoms with Gasteiger partial charge < -0.3 is 5.32 Å². The van der Waals surface area contributed by atoms with Gasteiger partial charge in [-0.05, 0) is 25.5 Å². The molecule has 11 heavy (non-hydrogen) atoms. The van der Waals surface area contributed by atoms with Crippen LogP contribution in [-0.2, 0) is 0 Å². The van der Waals surface area contributed by atoms with E-state index in [0.29, 0.717) is 0 Å². The van der Waals surface area contributed by atoms with Crippen molar-refractivity contribution in [3.8, 4) is 0 Å². The lowest BCUT2D eigenvalue weighted by Gasteiger charge is -2.06. The maximum Gasteiger partial charge on any atom is 0.0204 e. The summed E-state index contributed by atoms with van der Waals surface area (Å²) in [7, 11) is 0. The van der Waals surface area contributed by atoms with E-state index in [9.17, 15) is 0 Å². The van der Waals surface area contributed by atoms with Crippen LogP contribution in [0.5, 0.6) is 0 Å². The van der Waals surface area contributed by atoms with Crippen LogP contribution >= 0.6 is 0 Å². The van der Waals surface area contributed by atoms with Gasteiger partial charge in [0.05, 0.1) is 0 Å². The van der Waals surface area contributed by atoms with Crippen LogP contribution in [0.4, 0.5) is 0 Å². The lowest BCUT2D eigenvalue weighted by molar-refractivity contribution is 0.777. The minimum Gasteiger partial charge on any atom is -0.313 e. The van der Waals surface area contributed by atoms with E-state index in [1.807, 2.05) is 0 Å². The number of hydrogen-bond donors (Lipinski definition) is 1. The van der Waals surface area contributed by atoms with Gasteiger partial charge >= 0.3 is 0 Å². The summed E-state index contributed by atoms with van der Waals surface area (Å²) in [5.41, 5.74) is 2.52. The predicted molar refractivity (Wildman–Crippen MR) is 51.7 cm³/mol. The first-order chi connectivity index (χ1) is 5.22. The van der Waals surface area contributed by atoms with Gasteiger partial charge in [0.25, 0.3) is 0 Å². The summed E-state index contributed by atoms with van der Waals surface area (Å²) in [6, 6.07) is 0. The first kappa shape index (κ1) is 10.4. The number of allylic oxidation sites excluding steroid dienone is 1. The van der Waals surface area contributed by atoms with Crippen molar-refractivity contribution in [3.05, 3.63) is 23.8 Å². The van der Waals surface area contributed by atoms with Crippen LogP contribution in [0.1, 0.15) is 27.2 Å². The Morgan fingerprint density at radius 2 is 2.09 bits per heavy atom. The van der Waals surface area contributed by atoms with Crippen molar-refractivity contribution >= 4 is 0 Å². The molecular weight excluding hydrogens is 134 g/mol. The first-order valence-electron chi connectivity index (χ1n) is 4.28. The third-order valence-electron chi connectivity index (χ3n) is 1.56. The molecule has 1 nitrogen and oxygen atoms in total. The van der Waals surface area contributed by atoms with Crippen LogP contribution in [0.15, 0.2) is 23.8 Å². The van der Waals surface area contributed by atoms with E-state index in [2.05, 4.69) is 38.7 Å². The van der Waals surface area contributed by atoms with Crippen molar-refractivity contribution in [2.24, 2.45) is 0 Å². The summed E-state index contributed by atoms with van der Waals surface area (Å²) in [6.07, 6.45) is 3.32. The first-order valence-corrected chi connectivity index (χ1v) is 4.28. The maximum absolute atomic E-state index is 3.92. The average molecular weight is 153 g/mol. The molecule has 0 aliphatic carbocycles. The number of likely N-dealkylation sites (N-methyl/N-ethyl adjacent to an activating group) is 1. The average Bonchev–Trinajstić information content (AvgIpc) is 1.97. The van der Waals surface area contributed by atoms with E-state index in [1.54, 1.807) is 0 Å². The largest absolute Gasteiger partial charge is 0.313 e. The van der Waals surface area contributed by atoms with E-state index in [1.165, 1.54) is 11.1 Å². The zero-order valence-electron chi connectivity index (χ0n) is 7.91. The second kappa shape index (κ2) is 6.17. The highest BCUT2D eigenvalue weighted by Crippen LogP contribution is 2.05. The van der Waals surface area contributed by atoms with E-state index in [4.69, 9.17) is 0 Å². The quantitative estimate of drug-likeness (QED) is 0.598. The van der Waals surface area contributed by atoms with Gasteiger partial charge in [-0.25, -0.2) is 0 Å². The molecule has 0 aromatic rings. The third kappa shape index (κ3) is 4.79. The fourth-order valence-corrected chi connectivity index (χ4v) is 0.903. The van der Waals surface area contributed by atoms with Gasteiger partial charge in [0.2, 0.25) is 0 Å². The zero-order valence-corrected chi connectivity index (χ0v) is 7.91. The van der Waals surface area contributed by atoms with E-state index >= 15 is 0 Å². The van der Waals surface area contributed by atoms with Crippen molar-refractivity contribution in [3.63, 3.8) is 0 Å². The van der Waals surface area contributed by atoms with E-state index in [0.717, 1.165) is 19.5 Å². The molecule has 0 fully saturated rings. The Bertz CT molecular complexity index is 145. The van der Waals surface area contributed by atoms with E-state index in [-0.39, 0.29) is 0 Å². The Labute approximate surface area is 70.2 Å². The fraction of sp³-hybridized carbons (Fsp3) is 0.600.